The molecule has 3 rings (SSSR count). The Morgan fingerprint density at radius 3 is 2.32 bits per heavy atom. The highest BCUT2D eigenvalue weighted by Crippen LogP contribution is 2.16. The Morgan fingerprint density at radius 1 is 0.964 bits per heavy atom. The molecule has 2 aromatic carbocycles. The molecule has 1 heterocycles. The predicted molar refractivity (Wildman–Crippen MR) is 110 cm³/mol. The average Bonchev–Trinajstić information content (AvgIpc) is 3.05. The van der Waals surface area contributed by atoms with Crippen LogP contribution in [0.15, 0.2) is 48.5 Å². The van der Waals surface area contributed by atoms with Crippen LogP contribution < -0.4 is 0 Å². The summed E-state index contributed by atoms with van der Waals surface area (Å²) in [7, 11) is 0. The third-order valence-corrected chi connectivity index (χ3v) is 4.74. The third kappa shape index (κ3) is 4.85. The molecule has 0 saturated carbocycles. The zero-order valence-corrected chi connectivity index (χ0v) is 16.6. The van der Waals surface area contributed by atoms with Crippen LogP contribution >= 0.6 is 0 Å². The molecule has 0 bridgehead atoms. The van der Waals surface area contributed by atoms with Crippen molar-refractivity contribution in [3.8, 4) is 0 Å². The summed E-state index contributed by atoms with van der Waals surface area (Å²) in [5, 5.41) is 14.0. The molecule has 0 saturated heterocycles. The number of aromatic nitrogens is 3. The summed E-state index contributed by atoms with van der Waals surface area (Å²) in [4.78, 5) is 16.1. The molecular weight excluding hydrogens is 350 g/mol. The van der Waals surface area contributed by atoms with Crippen LogP contribution in [-0.2, 0) is 25.8 Å². The lowest BCUT2D eigenvalue weighted by Crippen LogP contribution is -2.07. The number of aromatic carboxylic acids is 1. The van der Waals surface area contributed by atoms with Gasteiger partial charge in [0.2, 0.25) is 0 Å². The number of nitrogens with zero attached hydrogens (tertiary/aromatic N) is 3. The number of aryl methyl sites for hydroxylation is 2. The Hall–Kier alpha value is -2.95. The molecule has 5 nitrogen and oxygen atoms in total. The van der Waals surface area contributed by atoms with Crippen LogP contribution in [0.2, 0.25) is 0 Å². The lowest BCUT2D eigenvalue weighted by Gasteiger charge is -2.08. The van der Waals surface area contributed by atoms with Gasteiger partial charge in [-0.3, -0.25) is 0 Å². The Balaban J connectivity index is 1.74. The summed E-state index contributed by atoms with van der Waals surface area (Å²) in [6, 6.07) is 15.5. The molecule has 0 fully saturated rings. The lowest BCUT2D eigenvalue weighted by molar-refractivity contribution is 0.0696. The van der Waals surface area contributed by atoms with Gasteiger partial charge in [0, 0.05) is 12.8 Å². The van der Waals surface area contributed by atoms with Crippen molar-refractivity contribution in [1.29, 1.82) is 0 Å². The molecule has 3 aromatic rings. The van der Waals surface area contributed by atoms with Crippen molar-refractivity contribution < 1.29 is 9.90 Å². The van der Waals surface area contributed by atoms with Gasteiger partial charge in [-0.15, -0.1) is 0 Å². The Kier molecular flexibility index (Phi) is 6.58. The molecule has 0 aliphatic rings. The molecule has 0 atom stereocenters. The van der Waals surface area contributed by atoms with Gasteiger partial charge in [0.15, 0.2) is 5.82 Å². The van der Waals surface area contributed by atoms with Gasteiger partial charge in [0.05, 0.1) is 12.1 Å². The van der Waals surface area contributed by atoms with Crippen molar-refractivity contribution in [3.63, 3.8) is 0 Å². The first-order valence-corrected chi connectivity index (χ1v) is 9.92. The van der Waals surface area contributed by atoms with Gasteiger partial charge in [0.25, 0.3) is 0 Å². The van der Waals surface area contributed by atoms with Crippen LogP contribution in [0.1, 0.15) is 65.4 Å². The zero-order valence-electron chi connectivity index (χ0n) is 16.6. The van der Waals surface area contributed by atoms with E-state index in [4.69, 9.17) is 0 Å². The predicted octanol–water partition coefficient (Wildman–Crippen LogP) is 4.52. The standard InChI is InChI=1S/C23H27N3O2/c1-3-7-21-24-22(8-4-2)26(25-21)16-18-13-11-17(12-14-18)15-19-9-5-6-10-20(19)23(27)28/h5-6,9-14H,3-4,7-8,15-16H2,1-2H3,(H,27,28). The van der Waals surface area contributed by atoms with E-state index in [0.29, 0.717) is 18.5 Å². The molecular formula is C23H27N3O2. The number of carboxylic acids is 1. The molecule has 1 aromatic heterocycles. The fraction of sp³-hybridized carbons (Fsp3) is 0.348. The quantitative estimate of drug-likeness (QED) is 0.595. The molecule has 5 heteroatoms. The van der Waals surface area contributed by atoms with Gasteiger partial charge in [-0.2, -0.15) is 5.10 Å². The molecule has 0 unspecified atom stereocenters. The zero-order chi connectivity index (χ0) is 19.9. The van der Waals surface area contributed by atoms with Crippen molar-refractivity contribution in [2.45, 2.75) is 52.5 Å². The number of rotatable bonds is 9. The number of hydrogen-bond donors (Lipinski definition) is 1. The second kappa shape index (κ2) is 9.31. The Labute approximate surface area is 166 Å². The number of benzene rings is 2. The van der Waals surface area contributed by atoms with E-state index >= 15 is 0 Å². The van der Waals surface area contributed by atoms with E-state index < -0.39 is 5.97 Å². The van der Waals surface area contributed by atoms with Gasteiger partial charge < -0.3 is 5.11 Å². The van der Waals surface area contributed by atoms with Crippen molar-refractivity contribution >= 4 is 5.97 Å². The Bertz CT molecular complexity index is 929. The first-order valence-electron chi connectivity index (χ1n) is 9.92. The minimum absolute atomic E-state index is 0.363. The summed E-state index contributed by atoms with van der Waals surface area (Å²) >= 11 is 0. The van der Waals surface area contributed by atoms with Gasteiger partial charge in [-0.05, 0) is 42.0 Å². The SMILES string of the molecule is CCCc1nc(CCC)n(Cc2ccc(Cc3ccccc3C(=O)O)cc2)n1. The van der Waals surface area contributed by atoms with Gasteiger partial charge in [-0.25, -0.2) is 14.5 Å². The average molecular weight is 377 g/mol. The molecule has 146 valence electrons. The van der Waals surface area contributed by atoms with E-state index in [0.717, 1.165) is 48.5 Å². The summed E-state index contributed by atoms with van der Waals surface area (Å²) in [6.45, 7) is 5.00. The largest absolute Gasteiger partial charge is 0.478 e. The van der Waals surface area contributed by atoms with Crippen LogP contribution in [0.3, 0.4) is 0 Å². The van der Waals surface area contributed by atoms with Gasteiger partial charge in [0.1, 0.15) is 5.82 Å². The number of carboxylic acid groups (broad SMARTS) is 1. The fourth-order valence-corrected chi connectivity index (χ4v) is 3.33. The molecule has 0 aliphatic heterocycles. The van der Waals surface area contributed by atoms with E-state index in [1.54, 1.807) is 12.1 Å². The van der Waals surface area contributed by atoms with E-state index in [2.05, 4.69) is 48.2 Å². The van der Waals surface area contributed by atoms with E-state index in [-0.39, 0.29) is 0 Å². The van der Waals surface area contributed by atoms with Crippen molar-refractivity contribution in [3.05, 3.63) is 82.4 Å². The molecule has 28 heavy (non-hydrogen) atoms. The number of hydrogen-bond acceptors (Lipinski definition) is 3. The Morgan fingerprint density at radius 2 is 1.64 bits per heavy atom. The monoisotopic (exact) mass is 377 g/mol. The van der Waals surface area contributed by atoms with Crippen LogP contribution in [-0.4, -0.2) is 25.8 Å². The van der Waals surface area contributed by atoms with Crippen LogP contribution in [0, 0.1) is 0 Å². The van der Waals surface area contributed by atoms with E-state index in [1.165, 1.54) is 5.56 Å². The highest BCUT2D eigenvalue weighted by Gasteiger charge is 2.11. The smallest absolute Gasteiger partial charge is 0.335 e. The first-order chi connectivity index (χ1) is 13.6. The van der Waals surface area contributed by atoms with Crippen molar-refractivity contribution in [2.75, 3.05) is 0 Å². The highest BCUT2D eigenvalue weighted by molar-refractivity contribution is 5.89. The maximum Gasteiger partial charge on any atom is 0.335 e. The lowest BCUT2D eigenvalue weighted by atomic mass is 9.99. The summed E-state index contributed by atoms with van der Waals surface area (Å²) in [6.07, 6.45) is 4.54. The van der Waals surface area contributed by atoms with Crippen LogP contribution in [0.4, 0.5) is 0 Å². The van der Waals surface area contributed by atoms with Crippen LogP contribution in [0.25, 0.3) is 0 Å². The van der Waals surface area contributed by atoms with E-state index in [1.807, 2.05) is 16.8 Å². The molecule has 0 radical (unpaired) electrons. The summed E-state index contributed by atoms with van der Waals surface area (Å²) < 4.78 is 2.02. The normalized spacial score (nSPS) is 10.9. The fourth-order valence-electron chi connectivity index (χ4n) is 3.33. The summed E-state index contributed by atoms with van der Waals surface area (Å²) in [5.74, 6) is 1.09. The minimum Gasteiger partial charge on any atom is -0.478 e. The van der Waals surface area contributed by atoms with Gasteiger partial charge >= 0.3 is 5.97 Å². The molecule has 1 N–H and O–H groups in total. The highest BCUT2D eigenvalue weighted by atomic mass is 16.4. The number of carbonyl (C=O) groups is 1. The molecule has 0 amide bonds. The maximum atomic E-state index is 11.4. The van der Waals surface area contributed by atoms with Crippen molar-refractivity contribution in [2.24, 2.45) is 0 Å². The van der Waals surface area contributed by atoms with Crippen molar-refractivity contribution in [1.82, 2.24) is 14.8 Å². The second-order valence-electron chi connectivity index (χ2n) is 7.06. The molecule has 0 aliphatic carbocycles. The first kappa shape index (κ1) is 19.8. The van der Waals surface area contributed by atoms with Crippen LogP contribution in [0.5, 0.6) is 0 Å². The topological polar surface area (TPSA) is 68.0 Å². The minimum atomic E-state index is -0.885. The van der Waals surface area contributed by atoms with Gasteiger partial charge in [-0.1, -0.05) is 56.3 Å². The third-order valence-electron chi connectivity index (χ3n) is 4.74. The van der Waals surface area contributed by atoms with E-state index in [9.17, 15) is 9.90 Å². The maximum absolute atomic E-state index is 11.4. The summed E-state index contributed by atoms with van der Waals surface area (Å²) in [5.41, 5.74) is 3.45. The molecule has 0 spiro atoms. The second-order valence-corrected chi connectivity index (χ2v) is 7.06.